The average molecular weight is 522 g/mol. The number of rotatable bonds is 12. The van der Waals surface area contributed by atoms with E-state index in [2.05, 4.69) is 15.4 Å². The number of aromatic hydroxyl groups is 2. The highest BCUT2D eigenvalue weighted by Crippen LogP contribution is 2.41. The fourth-order valence-corrected chi connectivity index (χ4v) is 4.55. The highest BCUT2D eigenvalue weighted by molar-refractivity contribution is 6.23. The third-order valence-electron chi connectivity index (χ3n) is 6.15. The summed E-state index contributed by atoms with van der Waals surface area (Å²) in [4.78, 5) is 19.4. The topological polar surface area (TPSA) is 167 Å². The second kappa shape index (κ2) is 12.3. The molecule has 0 spiro atoms. The maximum Gasteiger partial charge on any atom is 0.189 e. The van der Waals surface area contributed by atoms with Crippen molar-refractivity contribution in [1.29, 1.82) is 0 Å². The maximum atomic E-state index is 12.8. The van der Waals surface area contributed by atoms with Crippen LogP contribution in [0.1, 0.15) is 0 Å². The number of H-pyrrole nitrogens is 1. The monoisotopic (exact) mass is 521 g/mol. The number of aliphatic hydroxyl groups is 3. The molecule has 0 fully saturated rings. The number of aromatic amines is 1. The molecule has 196 valence electrons. The molecule has 7 N–H and O–H groups in total. The van der Waals surface area contributed by atoms with Gasteiger partial charge in [-0.25, -0.2) is 0 Å². The lowest BCUT2D eigenvalue weighted by atomic mass is 9.99. The summed E-state index contributed by atoms with van der Waals surface area (Å²) in [6.07, 6.45) is 0. The zero-order valence-corrected chi connectivity index (χ0v) is 20.6. The van der Waals surface area contributed by atoms with Gasteiger partial charge in [0.1, 0.15) is 11.5 Å². The first-order chi connectivity index (χ1) is 17.0. The fraction of sp³-hybridized carbons (Fsp3) is 0.417. The molecule has 0 aliphatic rings. The summed E-state index contributed by atoms with van der Waals surface area (Å²) < 4.78 is 1.86. The average Bonchev–Trinajstić information content (AvgIpc) is 3.21. The molecule has 3 aromatic carbocycles. The summed E-state index contributed by atoms with van der Waals surface area (Å²) in [5, 5.41) is 57.5. The van der Waals surface area contributed by atoms with Gasteiger partial charge in [-0.3, -0.25) is 24.5 Å². The molecule has 1 heterocycles. The zero-order valence-electron chi connectivity index (χ0n) is 19.8. The van der Waals surface area contributed by atoms with Crippen molar-refractivity contribution >= 4 is 45.0 Å². The first-order valence-corrected chi connectivity index (χ1v) is 11.6. The van der Waals surface area contributed by atoms with Crippen molar-refractivity contribution < 1.29 is 25.5 Å². The number of aliphatic hydroxyl groups excluding tert-OH is 3. The first-order valence-electron chi connectivity index (χ1n) is 11.6. The zero-order chi connectivity index (χ0) is 24.9. The van der Waals surface area contributed by atoms with Gasteiger partial charge in [-0.1, -0.05) is 0 Å². The number of nitrogens with zero attached hydrogens (tertiary/aromatic N) is 3. The summed E-state index contributed by atoms with van der Waals surface area (Å²) in [5.74, 6) is -0.410. The van der Waals surface area contributed by atoms with Gasteiger partial charge in [0.05, 0.1) is 65.5 Å². The second-order valence-electron chi connectivity index (χ2n) is 8.32. The number of hydrogen-bond donors (Lipinski definition) is 7. The van der Waals surface area contributed by atoms with Gasteiger partial charge in [0.25, 0.3) is 0 Å². The number of nitrogens with one attached hydrogen (secondary N) is 2. The minimum Gasteiger partial charge on any atom is -0.507 e. The molecule has 0 unspecified atom stereocenters. The Bertz CT molecular complexity index is 1430. The summed E-state index contributed by atoms with van der Waals surface area (Å²) in [7, 11) is 0. The lowest BCUT2D eigenvalue weighted by molar-refractivity contribution is 0.164. The molecule has 0 saturated heterocycles. The van der Waals surface area contributed by atoms with Crippen molar-refractivity contribution in [1.82, 2.24) is 20.0 Å². The molecule has 12 heteroatoms. The molecular weight excluding hydrogens is 490 g/mol. The minimum absolute atomic E-state index is 0. The Kier molecular flexibility index (Phi) is 9.49. The molecule has 0 radical (unpaired) electrons. The smallest absolute Gasteiger partial charge is 0.189 e. The van der Waals surface area contributed by atoms with E-state index in [0.717, 1.165) is 5.52 Å². The highest BCUT2D eigenvalue weighted by atomic mass is 35.5. The van der Waals surface area contributed by atoms with E-state index in [9.17, 15) is 25.2 Å². The molecule has 0 bridgehead atoms. The van der Waals surface area contributed by atoms with E-state index in [0.29, 0.717) is 67.5 Å². The van der Waals surface area contributed by atoms with Gasteiger partial charge in [-0.2, -0.15) is 0 Å². The Labute approximate surface area is 212 Å². The van der Waals surface area contributed by atoms with Crippen LogP contribution in [0.3, 0.4) is 0 Å². The molecule has 1 aromatic heterocycles. The van der Waals surface area contributed by atoms with Gasteiger partial charge in [0, 0.05) is 38.1 Å². The largest absolute Gasteiger partial charge is 0.507 e. The summed E-state index contributed by atoms with van der Waals surface area (Å²) in [6, 6.07) is 6.21. The molecule has 0 amide bonds. The molecule has 4 rings (SSSR count). The standard InChI is InChI=1S/C24H31N5O6.ClH/c30-12-7-25-5-9-29-16-2-1-15(26-6-8-28(10-13-31)11-14-32)19-20(16)23(27-29)21-17(33)3-4-18(34)22(21)24(19)35;/h1-4,25,27,30-32,34-35H,5-14H2;1H. The van der Waals surface area contributed by atoms with Gasteiger partial charge in [-0.05, 0) is 24.3 Å². The summed E-state index contributed by atoms with van der Waals surface area (Å²) in [6.45, 7) is 3.21. The molecule has 0 aliphatic heterocycles. The van der Waals surface area contributed by atoms with E-state index in [1.165, 1.54) is 12.1 Å². The van der Waals surface area contributed by atoms with E-state index in [4.69, 9.17) is 5.11 Å². The Balaban J connectivity index is 0.00000361. The van der Waals surface area contributed by atoms with Crippen LogP contribution in [0.2, 0.25) is 0 Å². The Hall–Kier alpha value is -2.93. The Morgan fingerprint density at radius 2 is 1.64 bits per heavy atom. The molecule has 11 nitrogen and oxygen atoms in total. The number of phenolic OH excluding ortho intramolecular Hbond substituents is 2. The maximum absolute atomic E-state index is 12.8. The van der Waals surface area contributed by atoms with Gasteiger partial charge >= 0.3 is 0 Å². The number of aromatic nitrogens is 2. The van der Waals surface area contributed by atoms with Gasteiger partial charge in [0.15, 0.2) is 5.43 Å². The van der Waals surface area contributed by atoms with Crippen LogP contribution in [-0.4, -0.2) is 99.3 Å². The Morgan fingerprint density at radius 3 is 2.33 bits per heavy atom. The summed E-state index contributed by atoms with van der Waals surface area (Å²) in [5.41, 5.74) is 0.946. The van der Waals surface area contributed by atoms with Gasteiger partial charge < -0.3 is 30.8 Å². The third-order valence-corrected chi connectivity index (χ3v) is 6.15. The Morgan fingerprint density at radius 1 is 0.889 bits per heavy atom. The number of benzene rings is 3. The number of phenols is 2. The lowest BCUT2D eigenvalue weighted by Crippen LogP contribution is -2.32. The number of halogens is 1. The van der Waals surface area contributed by atoms with Gasteiger partial charge in [-0.15, -0.1) is 12.4 Å². The quantitative estimate of drug-likeness (QED) is 0.0983. The van der Waals surface area contributed by atoms with Crippen LogP contribution in [0.5, 0.6) is 11.5 Å². The van der Waals surface area contributed by atoms with Crippen LogP contribution in [0.15, 0.2) is 34.1 Å². The van der Waals surface area contributed by atoms with Crippen LogP contribution in [-0.2, 0) is 6.54 Å². The van der Waals surface area contributed by atoms with Crippen LogP contribution < -0.4 is 16.1 Å². The first kappa shape index (κ1) is 27.7. The molecular formula is C24H32ClN5O6. The van der Waals surface area contributed by atoms with E-state index < -0.39 is 0 Å². The van der Waals surface area contributed by atoms with Crippen LogP contribution >= 0.6 is 12.4 Å². The molecule has 0 saturated carbocycles. The highest BCUT2D eigenvalue weighted by Gasteiger charge is 2.22. The van der Waals surface area contributed by atoms with Crippen molar-refractivity contribution in [3.8, 4) is 11.5 Å². The molecule has 36 heavy (non-hydrogen) atoms. The lowest BCUT2D eigenvalue weighted by Gasteiger charge is -2.18. The fourth-order valence-electron chi connectivity index (χ4n) is 4.55. The van der Waals surface area contributed by atoms with Gasteiger partial charge in [0.2, 0.25) is 0 Å². The number of hydrogen-bond acceptors (Lipinski definition) is 9. The molecule has 0 aliphatic carbocycles. The normalized spacial score (nSPS) is 12.4. The van der Waals surface area contributed by atoms with Crippen LogP contribution in [0, 0.1) is 0 Å². The molecule has 4 aromatic rings. The minimum atomic E-state index is -0.324. The number of fused-ring (bicyclic) bond motifs is 2. The van der Waals surface area contributed by atoms with Crippen LogP contribution in [0.25, 0.3) is 32.6 Å². The van der Waals surface area contributed by atoms with Crippen LogP contribution in [0.4, 0.5) is 0 Å². The van der Waals surface area contributed by atoms with Crippen molar-refractivity contribution in [3.05, 3.63) is 39.8 Å². The van der Waals surface area contributed by atoms with E-state index >= 15 is 0 Å². The van der Waals surface area contributed by atoms with E-state index in [-0.39, 0.29) is 59.9 Å². The summed E-state index contributed by atoms with van der Waals surface area (Å²) >= 11 is 0. The predicted molar refractivity (Wildman–Crippen MR) is 140 cm³/mol. The van der Waals surface area contributed by atoms with E-state index in [1.807, 2.05) is 15.6 Å². The van der Waals surface area contributed by atoms with Crippen molar-refractivity contribution in [2.24, 2.45) is 4.99 Å². The van der Waals surface area contributed by atoms with Crippen molar-refractivity contribution in [2.45, 2.75) is 6.54 Å². The molecule has 0 atom stereocenters. The third kappa shape index (κ3) is 5.26. The predicted octanol–water partition coefficient (Wildman–Crippen LogP) is -0.324. The SMILES string of the molecule is Cl.O=c1ccc(O)c2c(O)c3c(=NCCN(CCO)CCO)ccc4c3c([nH]n4CCNCCO)c12. The van der Waals surface area contributed by atoms with E-state index in [1.54, 1.807) is 6.07 Å². The van der Waals surface area contributed by atoms with Crippen molar-refractivity contribution in [3.63, 3.8) is 0 Å². The van der Waals surface area contributed by atoms with Crippen molar-refractivity contribution in [2.75, 3.05) is 59.1 Å². The second-order valence-corrected chi connectivity index (χ2v) is 8.32.